The van der Waals surface area contributed by atoms with Crippen molar-refractivity contribution in [3.05, 3.63) is 98.7 Å². The molecule has 2 aliphatic heterocycles. The largest absolute Gasteiger partial charge is 0.497 e. The van der Waals surface area contributed by atoms with E-state index >= 15 is 0 Å². The molecule has 1 fully saturated rings. The van der Waals surface area contributed by atoms with E-state index in [2.05, 4.69) is 10.3 Å². The predicted molar refractivity (Wildman–Crippen MR) is 153 cm³/mol. The lowest BCUT2D eigenvalue weighted by molar-refractivity contribution is -0.137. The van der Waals surface area contributed by atoms with E-state index in [1.54, 1.807) is 36.4 Å². The van der Waals surface area contributed by atoms with Crippen LogP contribution in [0.2, 0.25) is 0 Å². The number of halogens is 3. The number of nitrogens with one attached hydrogen (secondary N) is 1. The van der Waals surface area contributed by atoms with Crippen molar-refractivity contribution in [2.45, 2.75) is 28.9 Å². The third-order valence-electron chi connectivity index (χ3n) is 7.22. The molecule has 0 unspecified atom stereocenters. The summed E-state index contributed by atoms with van der Waals surface area (Å²) in [5.41, 5.74) is -0.675. The van der Waals surface area contributed by atoms with Crippen molar-refractivity contribution in [3.63, 3.8) is 0 Å². The van der Waals surface area contributed by atoms with E-state index in [0.717, 1.165) is 35.2 Å². The number of fused-ring (bicyclic) bond motifs is 2. The van der Waals surface area contributed by atoms with Gasteiger partial charge >= 0.3 is 11.0 Å². The standard InChI is InChI=1S/C29H21F3N4O5S2/c1-41-17-10-8-16(9-11-17)34-20(37)14-35-27-24(43-28(35)40)21(15-5-4-12-33-13-15)22-23(42-27)26(39)36(25(22)38)19-7-3-2-6-18(19)29(30,31)32/h2-13,21-23H,14H2,1H3,(H,34,37)/t21-,22-,23+/m0/s1. The number of nitrogens with zero attached hydrogens (tertiary/aromatic N) is 3. The van der Waals surface area contributed by atoms with Crippen LogP contribution in [0.4, 0.5) is 24.5 Å². The molecule has 0 saturated carbocycles. The number of carbonyl (C=O) groups is 3. The predicted octanol–water partition coefficient (Wildman–Crippen LogP) is 4.77. The summed E-state index contributed by atoms with van der Waals surface area (Å²) in [6.45, 7) is -0.385. The number of benzene rings is 2. The van der Waals surface area contributed by atoms with Gasteiger partial charge in [0.2, 0.25) is 17.7 Å². The van der Waals surface area contributed by atoms with Crippen LogP contribution in [0.3, 0.4) is 0 Å². The molecule has 2 aromatic heterocycles. The second kappa shape index (κ2) is 11.0. The first-order chi connectivity index (χ1) is 20.6. The summed E-state index contributed by atoms with van der Waals surface area (Å²) >= 11 is 1.74. The SMILES string of the molecule is COc1ccc(NC(=O)Cn2c3c(sc2=O)[C@@H](c2cccnc2)[C@@H]2C(=O)N(c4ccccc4C(F)(F)F)C(=O)[C@@H]2S3)cc1. The fourth-order valence-corrected chi connectivity index (χ4v) is 8.11. The Hall–Kier alpha value is -4.43. The van der Waals surface area contributed by atoms with Gasteiger partial charge in [-0.15, -0.1) is 0 Å². The molecule has 0 radical (unpaired) electrons. The molecule has 220 valence electrons. The number of methoxy groups -OCH3 is 1. The lowest BCUT2D eigenvalue weighted by Crippen LogP contribution is -2.33. The van der Waals surface area contributed by atoms with Gasteiger partial charge in [-0.3, -0.25) is 28.7 Å². The Morgan fingerprint density at radius 3 is 2.44 bits per heavy atom. The lowest BCUT2D eigenvalue weighted by atomic mass is 9.84. The smallest absolute Gasteiger partial charge is 0.418 e. The summed E-state index contributed by atoms with van der Waals surface area (Å²) in [7, 11) is 1.51. The molecular weight excluding hydrogens is 605 g/mol. The van der Waals surface area contributed by atoms with Gasteiger partial charge in [0, 0.05) is 28.9 Å². The van der Waals surface area contributed by atoms with E-state index in [1.807, 2.05) is 0 Å². The van der Waals surface area contributed by atoms with Crippen LogP contribution in [-0.4, -0.2) is 39.6 Å². The number of hydrogen-bond donors (Lipinski definition) is 1. The van der Waals surface area contributed by atoms with Gasteiger partial charge in [-0.05, 0) is 48.0 Å². The number of thiazole rings is 1. The summed E-state index contributed by atoms with van der Waals surface area (Å²) < 4.78 is 48.1. The molecule has 0 spiro atoms. The number of ether oxygens (including phenoxy) is 1. The zero-order valence-electron chi connectivity index (χ0n) is 22.2. The van der Waals surface area contributed by atoms with Crippen LogP contribution in [0, 0.1) is 5.92 Å². The maximum absolute atomic E-state index is 13.9. The summed E-state index contributed by atoms with van der Waals surface area (Å²) in [6.07, 6.45) is -1.79. The van der Waals surface area contributed by atoms with E-state index in [0.29, 0.717) is 31.8 Å². The van der Waals surface area contributed by atoms with Crippen LogP contribution in [0.1, 0.15) is 21.9 Å². The molecular formula is C29H21F3N4O5S2. The van der Waals surface area contributed by atoms with Gasteiger partial charge in [-0.2, -0.15) is 13.2 Å². The number of thioether (sulfide) groups is 1. The summed E-state index contributed by atoms with van der Waals surface area (Å²) in [6, 6.07) is 14.3. The quantitative estimate of drug-likeness (QED) is 0.307. The Balaban J connectivity index is 1.40. The summed E-state index contributed by atoms with van der Waals surface area (Å²) in [5.74, 6) is -3.50. The van der Waals surface area contributed by atoms with Gasteiger partial charge in [-0.1, -0.05) is 41.3 Å². The number of aromatic nitrogens is 2. The fraction of sp³-hybridized carbons (Fsp3) is 0.207. The molecule has 2 aromatic carbocycles. The van der Waals surface area contributed by atoms with Crippen LogP contribution in [0.15, 0.2) is 82.9 Å². The van der Waals surface area contributed by atoms with Crippen molar-refractivity contribution < 1.29 is 32.3 Å². The normalized spacial score (nSPS) is 19.6. The van der Waals surface area contributed by atoms with E-state index in [1.165, 1.54) is 36.2 Å². The van der Waals surface area contributed by atoms with Crippen molar-refractivity contribution in [3.8, 4) is 5.75 Å². The first kappa shape index (κ1) is 28.7. The third kappa shape index (κ3) is 5.10. The van der Waals surface area contributed by atoms with Crippen molar-refractivity contribution >= 4 is 52.2 Å². The molecule has 0 aliphatic carbocycles. The van der Waals surface area contributed by atoms with Gasteiger partial charge in [0.05, 0.1) is 29.3 Å². The molecule has 0 bridgehead atoms. The minimum atomic E-state index is -4.81. The zero-order valence-corrected chi connectivity index (χ0v) is 23.8. The van der Waals surface area contributed by atoms with E-state index in [4.69, 9.17) is 4.74 Å². The number of pyridine rings is 1. The molecule has 4 aromatic rings. The number of rotatable bonds is 6. The van der Waals surface area contributed by atoms with Crippen LogP contribution in [0.5, 0.6) is 5.75 Å². The van der Waals surface area contributed by atoms with Gasteiger partial charge in [0.15, 0.2) is 0 Å². The Labute approximate surface area is 250 Å². The highest BCUT2D eigenvalue weighted by molar-refractivity contribution is 8.00. The van der Waals surface area contributed by atoms with Crippen molar-refractivity contribution in [1.82, 2.24) is 9.55 Å². The topological polar surface area (TPSA) is 111 Å². The maximum Gasteiger partial charge on any atom is 0.418 e. The monoisotopic (exact) mass is 626 g/mol. The molecule has 6 rings (SSSR count). The molecule has 1 saturated heterocycles. The highest BCUT2D eigenvalue weighted by Crippen LogP contribution is 2.54. The van der Waals surface area contributed by atoms with Gasteiger partial charge in [0.25, 0.3) is 0 Å². The number of amides is 3. The van der Waals surface area contributed by atoms with Crippen LogP contribution in [0.25, 0.3) is 0 Å². The number of carbonyl (C=O) groups excluding carboxylic acids is 3. The molecule has 2 aliphatic rings. The summed E-state index contributed by atoms with van der Waals surface area (Å²) in [5, 5.41) is 1.88. The maximum atomic E-state index is 13.9. The molecule has 14 heteroatoms. The second-order valence-electron chi connectivity index (χ2n) is 9.76. The minimum absolute atomic E-state index is 0.307. The number of para-hydroxylation sites is 1. The van der Waals surface area contributed by atoms with Crippen LogP contribution < -0.4 is 19.8 Å². The molecule has 43 heavy (non-hydrogen) atoms. The number of anilines is 2. The first-order valence-electron chi connectivity index (χ1n) is 12.9. The molecule has 1 N–H and O–H groups in total. The van der Waals surface area contributed by atoms with Crippen molar-refractivity contribution in [1.29, 1.82) is 0 Å². The van der Waals surface area contributed by atoms with Crippen LogP contribution in [-0.2, 0) is 27.1 Å². The molecule has 3 amide bonds. The Morgan fingerprint density at radius 2 is 1.77 bits per heavy atom. The average Bonchev–Trinajstić information content (AvgIpc) is 3.43. The molecule has 9 nitrogen and oxygen atoms in total. The van der Waals surface area contributed by atoms with E-state index < -0.39 is 57.1 Å². The Bertz CT molecular complexity index is 1790. The Morgan fingerprint density at radius 1 is 1.02 bits per heavy atom. The fourth-order valence-electron chi connectivity index (χ4n) is 5.34. The zero-order chi connectivity index (χ0) is 30.5. The highest BCUT2D eigenvalue weighted by atomic mass is 32.2. The van der Waals surface area contributed by atoms with Gasteiger partial charge < -0.3 is 10.1 Å². The molecule has 4 heterocycles. The van der Waals surface area contributed by atoms with Gasteiger partial charge in [-0.25, -0.2) is 4.90 Å². The van der Waals surface area contributed by atoms with E-state index in [9.17, 15) is 32.3 Å². The number of alkyl halides is 3. The number of hydrogen-bond acceptors (Lipinski definition) is 8. The van der Waals surface area contributed by atoms with E-state index in [-0.39, 0.29) is 6.54 Å². The third-order valence-corrected chi connectivity index (χ3v) is 9.82. The first-order valence-corrected chi connectivity index (χ1v) is 14.6. The van der Waals surface area contributed by atoms with Gasteiger partial charge in [0.1, 0.15) is 17.5 Å². The number of imide groups is 1. The van der Waals surface area contributed by atoms with Crippen LogP contribution >= 0.6 is 23.1 Å². The second-order valence-corrected chi connectivity index (χ2v) is 11.9. The lowest BCUT2D eigenvalue weighted by Gasteiger charge is -2.30. The molecule has 3 atom stereocenters. The van der Waals surface area contributed by atoms with Crippen molar-refractivity contribution in [2.24, 2.45) is 5.92 Å². The minimum Gasteiger partial charge on any atom is -0.497 e. The Kier molecular flexibility index (Phi) is 7.34. The summed E-state index contributed by atoms with van der Waals surface area (Å²) in [4.78, 5) is 58.6. The average molecular weight is 627 g/mol. The highest BCUT2D eigenvalue weighted by Gasteiger charge is 2.57. The van der Waals surface area contributed by atoms with Crippen molar-refractivity contribution in [2.75, 3.05) is 17.3 Å².